The van der Waals surface area contributed by atoms with Crippen LogP contribution >= 0.6 is 0 Å². The van der Waals surface area contributed by atoms with E-state index in [1.807, 2.05) is 51.1 Å². The van der Waals surface area contributed by atoms with Crippen LogP contribution in [-0.2, 0) is 19.1 Å². The van der Waals surface area contributed by atoms with Gasteiger partial charge in [0.1, 0.15) is 5.57 Å². The van der Waals surface area contributed by atoms with Crippen LogP contribution in [0.2, 0.25) is 0 Å². The van der Waals surface area contributed by atoms with E-state index in [4.69, 9.17) is 9.47 Å². The molecule has 0 spiro atoms. The number of ether oxygens (including phenoxy) is 2. The highest BCUT2D eigenvalue weighted by Crippen LogP contribution is 2.38. The average molecular weight is 300 g/mol. The Balaban J connectivity index is 2.18. The average Bonchev–Trinajstić information content (AvgIpc) is 2.42. The number of hydrogen-bond donors (Lipinski definition) is 0. The van der Waals surface area contributed by atoms with E-state index in [9.17, 15) is 9.59 Å². The van der Waals surface area contributed by atoms with Crippen LogP contribution in [0.1, 0.15) is 33.3 Å². The predicted octanol–water partition coefficient (Wildman–Crippen LogP) is 3.49. The van der Waals surface area contributed by atoms with E-state index in [2.05, 4.69) is 0 Å². The van der Waals surface area contributed by atoms with Crippen LogP contribution in [0.25, 0.3) is 6.08 Å². The van der Waals surface area contributed by atoms with Crippen molar-refractivity contribution in [2.24, 2.45) is 5.41 Å². The molecule has 0 saturated carbocycles. The summed E-state index contributed by atoms with van der Waals surface area (Å²) >= 11 is 0. The normalized spacial score (nSPS) is 22.5. The maximum absolute atomic E-state index is 12.1. The van der Waals surface area contributed by atoms with Gasteiger partial charge >= 0.3 is 11.9 Å². The fraction of sp³-hybridized carbons (Fsp3) is 0.333. The van der Waals surface area contributed by atoms with Crippen LogP contribution in [0.5, 0.6) is 0 Å². The number of carbonyl (C=O) groups excluding carboxylic acids is 2. The van der Waals surface area contributed by atoms with Gasteiger partial charge in [-0.15, -0.1) is 0 Å². The minimum Gasteiger partial charge on any atom is -0.418 e. The number of benzene rings is 1. The molecule has 1 fully saturated rings. The SMILES string of the molecule is CC(C)(C)C1(C)OC(=O)C(=C/C=C/c2ccccc2)C(=O)O1. The number of hydrogen-bond acceptors (Lipinski definition) is 4. The molecule has 4 heteroatoms. The van der Waals surface area contributed by atoms with Crippen LogP contribution in [-0.4, -0.2) is 17.7 Å². The molecule has 0 unspecified atom stereocenters. The lowest BCUT2D eigenvalue weighted by atomic mass is 9.86. The van der Waals surface area contributed by atoms with Gasteiger partial charge < -0.3 is 9.47 Å². The molecule has 4 nitrogen and oxygen atoms in total. The van der Waals surface area contributed by atoms with Gasteiger partial charge in [-0.25, -0.2) is 9.59 Å². The predicted molar refractivity (Wildman–Crippen MR) is 83.6 cm³/mol. The Labute approximate surface area is 130 Å². The highest BCUT2D eigenvalue weighted by molar-refractivity contribution is 6.15. The first-order valence-electron chi connectivity index (χ1n) is 7.13. The smallest absolute Gasteiger partial charge is 0.348 e. The summed E-state index contributed by atoms with van der Waals surface area (Å²) in [6.45, 7) is 7.13. The summed E-state index contributed by atoms with van der Waals surface area (Å²) < 4.78 is 10.7. The van der Waals surface area contributed by atoms with E-state index < -0.39 is 23.1 Å². The molecule has 0 radical (unpaired) electrons. The molecule has 0 N–H and O–H groups in total. The van der Waals surface area contributed by atoms with E-state index in [-0.39, 0.29) is 5.57 Å². The van der Waals surface area contributed by atoms with Gasteiger partial charge in [-0.1, -0.05) is 63.3 Å². The monoisotopic (exact) mass is 300 g/mol. The summed E-state index contributed by atoms with van der Waals surface area (Å²) in [4.78, 5) is 24.2. The summed E-state index contributed by atoms with van der Waals surface area (Å²) in [5, 5.41) is 0. The molecule has 2 rings (SSSR count). The first-order valence-corrected chi connectivity index (χ1v) is 7.13. The first kappa shape index (κ1) is 16.0. The molecule has 1 aliphatic rings. The second-order valence-electron chi connectivity index (χ2n) is 6.32. The Hall–Kier alpha value is -2.36. The standard InChI is InChI=1S/C18H20O4/c1-17(2,3)18(4)21-15(19)14(16(20)22-18)12-8-11-13-9-6-5-7-10-13/h5-12H,1-4H3/b11-8+,14-12?. The Morgan fingerprint density at radius 1 is 1.00 bits per heavy atom. The highest BCUT2D eigenvalue weighted by Gasteiger charge is 2.50. The topological polar surface area (TPSA) is 52.6 Å². The molecule has 0 amide bonds. The first-order chi connectivity index (χ1) is 10.2. The van der Waals surface area contributed by atoms with Crippen molar-refractivity contribution >= 4 is 18.0 Å². The largest absolute Gasteiger partial charge is 0.418 e. The van der Waals surface area contributed by atoms with Gasteiger partial charge in [0, 0.05) is 12.3 Å². The quantitative estimate of drug-likeness (QED) is 0.476. The second kappa shape index (κ2) is 5.79. The third-order valence-corrected chi connectivity index (χ3v) is 3.73. The second-order valence-corrected chi connectivity index (χ2v) is 6.32. The molecular weight excluding hydrogens is 280 g/mol. The fourth-order valence-corrected chi connectivity index (χ4v) is 1.83. The Morgan fingerprint density at radius 3 is 2.05 bits per heavy atom. The molecule has 0 bridgehead atoms. The molecule has 0 atom stereocenters. The molecule has 0 aromatic heterocycles. The van der Waals surface area contributed by atoms with Crippen LogP contribution in [0, 0.1) is 5.41 Å². The third kappa shape index (κ3) is 3.27. The van der Waals surface area contributed by atoms with Gasteiger partial charge in [0.15, 0.2) is 0 Å². The highest BCUT2D eigenvalue weighted by atomic mass is 16.7. The van der Waals surface area contributed by atoms with Crippen LogP contribution < -0.4 is 0 Å². The van der Waals surface area contributed by atoms with Crippen LogP contribution in [0.4, 0.5) is 0 Å². The van der Waals surface area contributed by atoms with Crippen molar-refractivity contribution in [3.05, 3.63) is 53.6 Å². The van der Waals surface area contributed by atoms with E-state index in [1.165, 1.54) is 6.08 Å². The number of esters is 2. The zero-order valence-electron chi connectivity index (χ0n) is 13.3. The van der Waals surface area contributed by atoms with Gasteiger partial charge in [0.05, 0.1) is 0 Å². The summed E-state index contributed by atoms with van der Waals surface area (Å²) in [5.74, 6) is -2.58. The van der Waals surface area contributed by atoms with Crippen molar-refractivity contribution in [2.45, 2.75) is 33.5 Å². The minimum absolute atomic E-state index is 0.103. The van der Waals surface area contributed by atoms with Crippen LogP contribution in [0.3, 0.4) is 0 Å². The Kier molecular flexibility index (Phi) is 4.22. The summed E-state index contributed by atoms with van der Waals surface area (Å²) in [6, 6.07) is 9.57. The zero-order valence-corrected chi connectivity index (χ0v) is 13.3. The molecule has 1 aromatic rings. The molecule has 1 saturated heterocycles. The molecule has 1 aliphatic heterocycles. The van der Waals surface area contributed by atoms with E-state index in [1.54, 1.807) is 19.1 Å². The summed E-state index contributed by atoms with van der Waals surface area (Å²) in [5.41, 5.74) is 0.356. The number of rotatable bonds is 2. The van der Waals surface area contributed by atoms with Crippen molar-refractivity contribution < 1.29 is 19.1 Å². The van der Waals surface area contributed by atoms with Crippen molar-refractivity contribution in [1.82, 2.24) is 0 Å². The molecular formula is C18H20O4. The lowest BCUT2D eigenvalue weighted by Gasteiger charge is -2.42. The molecule has 22 heavy (non-hydrogen) atoms. The zero-order chi connectivity index (χ0) is 16.4. The fourth-order valence-electron chi connectivity index (χ4n) is 1.83. The van der Waals surface area contributed by atoms with E-state index >= 15 is 0 Å². The third-order valence-electron chi connectivity index (χ3n) is 3.73. The van der Waals surface area contributed by atoms with Gasteiger partial charge in [0.25, 0.3) is 5.79 Å². The lowest BCUT2D eigenvalue weighted by Crippen LogP contribution is -2.52. The van der Waals surface area contributed by atoms with E-state index in [0.29, 0.717) is 0 Å². The molecule has 1 heterocycles. The number of cyclic esters (lactones) is 2. The van der Waals surface area contributed by atoms with Crippen molar-refractivity contribution in [3.8, 4) is 0 Å². The lowest BCUT2D eigenvalue weighted by molar-refractivity contribution is -0.261. The summed E-state index contributed by atoms with van der Waals surface area (Å²) in [7, 11) is 0. The van der Waals surface area contributed by atoms with Gasteiger partial charge in [-0.05, 0) is 11.6 Å². The number of allylic oxidation sites excluding steroid dienone is 2. The van der Waals surface area contributed by atoms with Crippen molar-refractivity contribution in [1.29, 1.82) is 0 Å². The molecule has 1 aromatic carbocycles. The van der Waals surface area contributed by atoms with E-state index in [0.717, 1.165) is 5.56 Å². The Bertz CT molecular complexity index is 613. The Morgan fingerprint density at radius 2 is 1.55 bits per heavy atom. The maximum atomic E-state index is 12.1. The van der Waals surface area contributed by atoms with Crippen LogP contribution in [0.15, 0.2) is 48.1 Å². The van der Waals surface area contributed by atoms with Gasteiger partial charge in [0.2, 0.25) is 0 Å². The van der Waals surface area contributed by atoms with Gasteiger partial charge in [-0.3, -0.25) is 0 Å². The minimum atomic E-state index is -1.26. The molecule has 0 aliphatic carbocycles. The number of carbonyl (C=O) groups is 2. The molecule has 116 valence electrons. The van der Waals surface area contributed by atoms with Crippen molar-refractivity contribution in [3.63, 3.8) is 0 Å². The summed E-state index contributed by atoms with van der Waals surface area (Å²) in [6.07, 6.45) is 4.85. The maximum Gasteiger partial charge on any atom is 0.348 e. The van der Waals surface area contributed by atoms with Crippen molar-refractivity contribution in [2.75, 3.05) is 0 Å². The van der Waals surface area contributed by atoms with Gasteiger partial charge in [-0.2, -0.15) is 0 Å².